The molecule has 0 bridgehead atoms. The van der Waals surface area contributed by atoms with Gasteiger partial charge in [0, 0.05) is 30.7 Å². The van der Waals surface area contributed by atoms with Crippen LogP contribution in [0.3, 0.4) is 0 Å². The highest BCUT2D eigenvalue weighted by molar-refractivity contribution is 9.10. The van der Waals surface area contributed by atoms with Gasteiger partial charge in [-0.25, -0.2) is 13.2 Å². The van der Waals surface area contributed by atoms with Gasteiger partial charge in [-0.05, 0) is 18.2 Å². The molecular weight excluding hydrogens is 388 g/mol. The Kier molecular flexibility index (Phi) is 5.60. The van der Waals surface area contributed by atoms with Crippen molar-refractivity contribution in [2.75, 3.05) is 32.7 Å². The van der Waals surface area contributed by atoms with Crippen molar-refractivity contribution in [2.24, 2.45) is 5.73 Å². The summed E-state index contributed by atoms with van der Waals surface area (Å²) < 4.78 is 27.2. The van der Waals surface area contributed by atoms with Crippen molar-refractivity contribution in [1.82, 2.24) is 14.5 Å². The van der Waals surface area contributed by atoms with Gasteiger partial charge >= 0.3 is 6.03 Å². The van der Waals surface area contributed by atoms with Crippen molar-refractivity contribution in [3.63, 3.8) is 0 Å². The van der Waals surface area contributed by atoms with E-state index < -0.39 is 16.1 Å². The van der Waals surface area contributed by atoms with Crippen molar-refractivity contribution in [3.8, 4) is 0 Å². The van der Waals surface area contributed by atoms with Crippen LogP contribution in [0.15, 0.2) is 33.6 Å². The molecule has 0 spiro atoms. The van der Waals surface area contributed by atoms with Crippen molar-refractivity contribution in [3.05, 3.63) is 28.7 Å². The Labute approximate surface area is 142 Å². The van der Waals surface area contributed by atoms with Gasteiger partial charge in [0.2, 0.25) is 15.9 Å². The summed E-state index contributed by atoms with van der Waals surface area (Å²) in [5.74, 6) is -0.289. The van der Waals surface area contributed by atoms with Crippen LogP contribution in [-0.4, -0.2) is 62.3 Å². The summed E-state index contributed by atoms with van der Waals surface area (Å²) in [5.41, 5.74) is 4.91. The minimum Gasteiger partial charge on any atom is -0.352 e. The number of nitrogens with two attached hydrogens (primary N) is 1. The molecule has 10 heteroatoms. The molecule has 3 N–H and O–H groups in total. The number of nitrogens with zero attached hydrogens (tertiary/aromatic N) is 2. The minimum atomic E-state index is -3.58. The molecule has 0 unspecified atom stereocenters. The largest absolute Gasteiger partial charge is 0.352 e. The van der Waals surface area contributed by atoms with Crippen LogP contribution >= 0.6 is 15.9 Å². The molecule has 1 aliphatic rings. The number of urea groups is 1. The second kappa shape index (κ2) is 7.28. The van der Waals surface area contributed by atoms with E-state index in [2.05, 4.69) is 21.2 Å². The second-order valence-electron chi connectivity index (χ2n) is 4.96. The molecule has 1 saturated heterocycles. The van der Waals surface area contributed by atoms with Gasteiger partial charge in [-0.15, -0.1) is 0 Å². The topological polar surface area (TPSA) is 113 Å². The predicted molar refractivity (Wildman–Crippen MR) is 87.1 cm³/mol. The van der Waals surface area contributed by atoms with Crippen molar-refractivity contribution in [2.45, 2.75) is 4.90 Å². The lowest BCUT2D eigenvalue weighted by molar-refractivity contribution is -0.131. The number of hydrogen-bond donors (Lipinski definition) is 2. The summed E-state index contributed by atoms with van der Waals surface area (Å²) in [4.78, 5) is 24.2. The van der Waals surface area contributed by atoms with E-state index in [1.165, 1.54) is 15.3 Å². The van der Waals surface area contributed by atoms with Gasteiger partial charge in [-0.1, -0.05) is 22.0 Å². The van der Waals surface area contributed by atoms with Crippen molar-refractivity contribution >= 4 is 37.9 Å². The standard InChI is InChI=1S/C13H17BrN4O4S/c14-10-2-1-3-11(8-10)23(21,22)18-6-4-17(5-7-18)12(19)9-16-13(15)20/h1-3,8H,4-7,9H2,(H3,15,16,20). The molecule has 1 fully saturated rings. The molecule has 0 aliphatic carbocycles. The number of sulfonamides is 1. The second-order valence-corrected chi connectivity index (χ2v) is 7.81. The highest BCUT2D eigenvalue weighted by Gasteiger charge is 2.30. The SMILES string of the molecule is NC(=O)NCC(=O)N1CCN(S(=O)(=O)c2cccc(Br)c2)CC1. The summed E-state index contributed by atoms with van der Waals surface area (Å²) in [6.45, 7) is 0.765. The Morgan fingerprint density at radius 2 is 1.87 bits per heavy atom. The molecule has 0 radical (unpaired) electrons. The molecule has 8 nitrogen and oxygen atoms in total. The van der Waals surface area contributed by atoms with E-state index >= 15 is 0 Å². The number of primary amides is 1. The van der Waals surface area contributed by atoms with Gasteiger partial charge in [0.15, 0.2) is 0 Å². The van der Waals surface area contributed by atoms with E-state index in [1.807, 2.05) is 0 Å². The highest BCUT2D eigenvalue weighted by Crippen LogP contribution is 2.21. The number of halogens is 1. The number of nitrogens with one attached hydrogen (secondary N) is 1. The van der Waals surface area contributed by atoms with Gasteiger partial charge in [0.25, 0.3) is 0 Å². The maximum Gasteiger partial charge on any atom is 0.312 e. The van der Waals surface area contributed by atoms with Crippen LogP contribution in [0, 0.1) is 0 Å². The molecule has 23 heavy (non-hydrogen) atoms. The predicted octanol–water partition coefficient (Wildman–Crippen LogP) is -0.0497. The van der Waals surface area contributed by atoms with Gasteiger partial charge in [-0.2, -0.15) is 4.31 Å². The maximum absolute atomic E-state index is 12.6. The molecule has 3 amide bonds. The highest BCUT2D eigenvalue weighted by atomic mass is 79.9. The van der Waals surface area contributed by atoms with E-state index in [1.54, 1.807) is 18.2 Å². The lowest BCUT2D eigenvalue weighted by Crippen LogP contribution is -2.52. The zero-order chi connectivity index (χ0) is 17.0. The fraction of sp³-hybridized carbons (Fsp3) is 0.385. The zero-order valence-electron chi connectivity index (χ0n) is 12.2. The molecule has 0 saturated carbocycles. The zero-order valence-corrected chi connectivity index (χ0v) is 14.6. The molecule has 1 heterocycles. The number of rotatable bonds is 4. The van der Waals surface area contributed by atoms with Crippen LogP contribution in [0.1, 0.15) is 0 Å². The van der Waals surface area contributed by atoms with Crippen LogP contribution in [0.25, 0.3) is 0 Å². The summed E-state index contributed by atoms with van der Waals surface area (Å²) in [6.07, 6.45) is 0. The summed E-state index contributed by atoms with van der Waals surface area (Å²) in [6, 6.07) is 5.72. The average molecular weight is 405 g/mol. The van der Waals surface area contributed by atoms with E-state index in [0.29, 0.717) is 4.47 Å². The number of carbonyl (C=O) groups is 2. The molecule has 0 aromatic heterocycles. The van der Waals surface area contributed by atoms with Gasteiger partial charge < -0.3 is 16.0 Å². The Morgan fingerprint density at radius 3 is 2.43 bits per heavy atom. The Balaban J connectivity index is 1.98. The first-order valence-electron chi connectivity index (χ1n) is 6.87. The number of benzene rings is 1. The Morgan fingerprint density at radius 1 is 1.22 bits per heavy atom. The lowest BCUT2D eigenvalue weighted by atomic mass is 10.3. The Bertz CT molecular complexity index is 702. The van der Waals surface area contributed by atoms with Gasteiger partial charge in [0.1, 0.15) is 0 Å². The first-order chi connectivity index (χ1) is 10.8. The molecule has 1 aromatic rings. The van der Waals surface area contributed by atoms with E-state index in [9.17, 15) is 18.0 Å². The van der Waals surface area contributed by atoms with E-state index in [-0.39, 0.29) is 43.5 Å². The number of piperazine rings is 1. The Hall–Kier alpha value is -1.65. The number of amides is 3. The monoisotopic (exact) mass is 404 g/mol. The molecular formula is C13H17BrN4O4S. The molecule has 0 atom stereocenters. The molecule has 126 valence electrons. The normalized spacial score (nSPS) is 16.1. The molecule has 1 aromatic carbocycles. The van der Waals surface area contributed by atoms with Gasteiger partial charge in [-0.3, -0.25) is 4.79 Å². The summed E-state index contributed by atoms with van der Waals surface area (Å²) in [7, 11) is -3.58. The third-order valence-electron chi connectivity index (χ3n) is 3.44. The number of hydrogen-bond acceptors (Lipinski definition) is 4. The van der Waals surface area contributed by atoms with Crippen LogP contribution in [-0.2, 0) is 14.8 Å². The number of carbonyl (C=O) groups excluding carboxylic acids is 2. The van der Waals surface area contributed by atoms with Crippen LogP contribution in [0.5, 0.6) is 0 Å². The first kappa shape index (κ1) is 17.7. The summed E-state index contributed by atoms with van der Waals surface area (Å²) >= 11 is 3.26. The fourth-order valence-electron chi connectivity index (χ4n) is 2.23. The summed E-state index contributed by atoms with van der Waals surface area (Å²) in [5, 5.41) is 2.23. The molecule has 1 aliphatic heterocycles. The van der Waals surface area contributed by atoms with Crippen molar-refractivity contribution in [1.29, 1.82) is 0 Å². The van der Waals surface area contributed by atoms with E-state index in [0.717, 1.165) is 0 Å². The quantitative estimate of drug-likeness (QED) is 0.731. The average Bonchev–Trinajstić information content (AvgIpc) is 2.52. The van der Waals surface area contributed by atoms with Gasteiger partial charge in [0.05, 0.1) is 11.4 Å². The van der Waals surface area contributed by atoms with Crippen LogP contribution in [0.4, 0.5) is 4.79 Å². The third kappa shape index (κ3) is 4.43. The third-order valence-corrected chi connectivity index (χ3v) is 5.83. The lowest BCUT2D eigenvalue weighted by Gasteiger charge is -2.34. The van der Waals surface area contributed by atoms with Crippen molar-refractivity contribution < 1.29 is 18.0 Å². The maximum atomic E-state index is 12.6. The fourth-order valence-corrected chi connectivity index (χ4v) is 4.25. The minimum absolute atomic E-state index is 0.187. The van der Waals surface area contributed by atoms with Crippen LogP contribution < -0.4 is 11.1 Å². The molecule has 2 rings (SSSR count). The smallest absolute Gasteiger partial charge is 0.312 e. The van der Waals surface area contributed by atoms with E-state index in [4.69, 9.17) is 5.73 Å². The van der Waals surface area contributed by atoms with Crippen LogP contribution in [0.2, 0.25) is 0 Å². The first-order valence-corrected chi connectivity index (χ1v) is 9.11.